The summed E-state index contributed by atoms with van der Waals surface area (Å²) in [6, 6.07) is 16.5. The van der Waals surface area contributed by atoms with Crippen molar-refractivity contribution in [3.63, 3.8) is 0 Å². The molecule has 0 aliphatic carbocycles. The van der Waals surface area contributed by atoms with E-state index in [-0.39, 0.29) is 6.04 Å². The minimum atomic E-state index is -3.52. The minimum Gasteiger partial charge on any atom is -0.206 e. The zero-order chi connectivity index (χ0) is 14.7. The second kappa shape index (κ2) is 6.11. The van der Waals surface area contributed by atoms with E-state index in [2.05, 4.69) is 4.72 Å². The van der Waals surface area contributed by atoms with E-state index in [1.165, 1.54) is 11.3 Å². The van der Waals surface area contributed by atoms with Gasteiger partial charge in [-0.05, 0) is 28.5 Å². The van der Waals surface area contributed by atoms with Crippen LogP contribution in [0.3, 0.4) is 0 Å². The van der Waals surface area contributed by atoms with Gasteiger partial charge in [0.05, 0.1) is 6.04 Å². The first-order valence-corrected chi connectivity index (χ1v) is 9.55. The van der Waals surface area contributed by atoms with Crippen molar-refractivity contribution < 1.29 is 8.42 Å². The van der Waals surface area contributed by atoms with Crippen molar-refractivity contribution in [1.82, 2.24) is 4.72 Å². The van der Waals surface area contributed by atoms with Crippen LogP contribution in [0.15, 0.2) is 69.6 Å². The predicted octanol–water partition coefficient (Wildman–Crippen LogP) is 3.88. The molecule has 0 bridgehead atoms. The molecule has 0 aliphatic rings. The molecule has 0 saturated heterocycles. The lowest BCUT2D eigenvalue weighted by Gasteiger charge is -2.17. The van der Waals surface area contributed by atoms with E-state index >= 15 is 0 Å². The van der Waals surface area contributed by atoms with Gasteiger partial charge >= 0.3 is 0 Å². The minimum absolute atomic E-state index is 0.333. The molecule has 6 heteroatoms. The third kappa shape index (κ3) is 3.24. The van der Waals surface area contributed by atoms with Crippen molar-refractivity contribution in [3.8, 4) is 0 Å². The Balaban J connectivity index is 1.98. The molecule has 1 aromatic carbocycles. The second-order valence-corrected chi connectivity index (χ2v) is 8.28. The number of rotatable bonds is 5. The fourth-order valence-electron chi connectivity index (χ4n) is 2.02. The number of hydrogen-bond donors (Lipinski definition) is 1. The van der Waals surface area contributed by atoms with Gasteiger partial charge in [-0.2, -0.15) is 4.72 Å². The van der Waals surface area contributed by atoms with Crippen molar-refractivity contribution in [3.05, 3.63) is 75.8 Å². The summed E-state index contributed by atoms with van der Waals surface area (Å²) in [7, 11) is -3.52. The highest BCUT2D eigenvalue weighted by molar-refractivity contribution is 7.91. The molecular formula is C15H13NO2S3. The van der Waals surface area contributed by atoms with Crippen LogP contribution in [0.25, 0.3) is 0 Å². The molecule has 0 saturated carbocycles. The van der Waals surface area contributed by atoms with Crippen LogP contribution >= 0.6 is 22.7 Å². The first-order valence-electron chi connectivity index (χ1n) is 6.31. The molecule has 0 radical (unpaired) electrons. The molecule has 0 amide bonds. The lowest BCUT2D eigenvalue weighted by Crippen LogP contribution is -2.28. The number of sulfonamides is 1. The highest BCUT2D eigenvalue weighted by atomic mass is 32.2. The average molecular weight is 335 g/mol. The summed E-state index contributed by atoms with van der Waals surface area (Å²) >= 11 is 2.76. The van der Waals surface area contributed by atoms with Crippen LogP contribution in [-0.2, 0) is 10.0 Å². The van der Waals surface area contributed by atoms with Crippen LogP contribution in [0.2, 0.25) is 0 Å². The van der Waals surface area contributed by atoms with Crippen LogP contribution in [-0.4, -0.2) is 8.42 Å². The first-order chi connectivity index (χ1) is 10.2. The number of hydrogen-bond acceptors (Lipinski definition) is 4. The Morgan fingerprint density at radius 1 is 0.857 bits per heavy atom. The van der Waals surface area contributed by atoms with Gasteiger partial charge in [-0.25, -0.2) is 8.42 Å². The van der Waals surface area contributed by atoms with Gasteiger partial charge in [0.2, 0.25) is 0 Å². The van der Waals surface area contributed by atoms with E-state index in [4.69, 9.17) is 0 Å². The van der Waals surface area contributed by atoms with Gasteiger partial charge in [-0.3, -0.25) is 0 Å². The van der Waals surface area contributed by atoms with Gasteiger partial charge in [-0.1, -0.05) is 42.5 Å². The summed E-state index contributed by atoms with van der Waals surface area (Å²) in [5, 5.41) is 3.71. The van der Waals surface area contributed by atoms with Crippen LogP contribution in [0, 0.1) is 0 Å². The number of nitrogens with one attached hydrogen (secondary N) is 1. The van der Waals surface area contributed by atoms with Gasteiger partial charge < -0.3 is 0 Å². The Bertz CT molecular complexity index is 779. The predicted molar refractivity (Wildman–Crippen MR) is 87.2 cm³/mol. The number of thiophene rings is 2. The lowest BCUT2D eigenvalue weighted by molar-refractivity contribution is 0.575. The normalized spacial score (nSPS) is 13.1. The van der Waals surface area contributed by atoms with Gasteiger partial charge in [0.25, 0.3) is 10.0 Å². The van der Waals surface area contributed by atoms with E-state index in [1.54, 1.807) is 28.8 Å². The van der Waals surface area contributed by atoms with Crippen LogP contribution in [0.4, 0.5) is 0 Å². The fourth-order valence-corrected chi connectivity index (χ4v) is 5.11. The molecule has 108 valence electrons. The second-order valence-electron chi connectivity index (χ2n) is 4.41. The summed E-state index contributed by atoms with van der Waals surface area (Å²) in [5.74, 6) is 0. The number of benzene rings is 1. The van der Waals surface area contributed by atoms with E-state index in [9.17, 15) is 8.42 Å². The summed E-state index contributed by atoms with van der Waals surface area (Å²) < 4.78 is 28.1. The first kappa shape index (κ1) is 14.5. The van der Waals surface area contributed by atoms with E-state index in [1.807, 2.05) is 47.8 Å². The molecule has 0 aliphatic heterocycles. The highest BCUT2D eigenvalue weighted by Gasteiger charge is 2.24. The van der Waals surface area contributed by atoms with E-state index in [0.29, 0.717) is 4.21 Å². The van der Waals surface area contributed by atoms with Gasteiger partial charge in [-0.15, -0.1) is 22.7 Å². The third-order valence-electron chi connectivity index (χ3n) is 2.99. The molecule has 0 fully saturated rings. The van der Waals surface area contributed by atoms with Crippen molar-refractivity contribution in [1.29, 1.82) is 0 Å². The maximum absolute atomic E-state index is 12.5. The molecular weight excluding hydrogens is 322 g/mol. The smallest absolute Gasteiger partial charge is 0.206 e. The van der Waals surface area contributed by atoms with Crippen LogP contribution < -0.4 is 4.72 Å². The Labute approximate surface area is 132 Å². The standard InChI is InChI=1S/C15H13NO2S3/c17-21(18,14-9-5-11-20-14)16-15(13-8-4-10-19-13)12-6-2-1-3-7-12/h1-11,15-16H/t15-/m1/s1. The molecule has 3 aromatic rings. The molecule has 2 heterocycles. The lowest BCUT2D eigenvalue weighted by atomic mass is 10.1. The molecule has 1 atom stereocenters. The van der Waals surface area contributed by atoms with Crippen molar-refractivity contribution >= 4 is 32.7 Å². The van der Waals surface area contributed by atoms with Gasteiger partial charge in [0.15, 0.2) is 0 Å². The molecule has 21 heavy (non-hydrogen) atoms. The highest BCUT2D eigenvalue weighted by Crippen LogP contribution is 2.28. The topological polar surface area (TPSA) is 46.2 Å². The Kier molecular flexibility index (Phi) is 4.21. The quantitative estimate of drug-likeness (QED) is 0.769. The molecule has 0 unspecified atom stereocenters. The Morgan fingerprint density at radius 2 is 1.57 bits per heavy atom. The monoisotopic (exact) mass is 335 g/mol. The summed E-state index contributed by atoms with van der Waals surface area (Å²) in [6.45, 7) is 0. The average Bonchev–Trinajstić information content (AvgIpc) is 3.19. The van der Waals surface area contributed by atoms with Crippen molar-refractivity contribution in [2.75, 3.05) is 0 Å². The van der Waals surface area contributed by atoms with E-state index < -0.39 is 10.0 Å². The van der Waals surface area contributed by atoms with Crippen LogP contribution in [0.5, 0.6) is 0 Å². The fraction of sp³-hybridized carbons (Fsp3) is 0.0667. The summed E-state index contributed by atoms with van der Waals surface area (Å²) in [4.78, 5) is 0.973. The maximum atomic E-state index is 12.5. The third-order valence-corrected chi connectivity index (χ3v) is 6.75. The van der Waals surface area contributed by atoms with E-state index in [0.717, 1.165) is 10.4 Å². The SMILES string of the molecule is O=S(=O)(N[C@H](c1ccccc1)c1cccs1)c1cccs1. The Hall–Kier alpha value is -1.47. The molecule has 3 rings (SSSR count). The molecule has 3 nitrogen and oxygen atoms in total. The molecule has 1 N–H and O–H groups in total. The Morgan fingerprint density at radius 3 is 2.19 bits per heavy atom. The van der Waals surface area contributed by atoms with Crippen molar-refractivity contribution in [2.45, 2.75) is 10.3 Å². The zero-order valence-corrected chi connectivity index (χ0v) is 13.4. The largest absolute Gasteiger partial charge is 0.250 e. The molecule has 2 aromatic heterocycles. The summed E-state index contributed by atoms with van der Waals surface area (Å²) in [5.41, 5.74) is 0.931. The van der Waals surface area contributed by atoms with Gasteiger partial charge in [0.1, 0.15) is 4.21 Å². The molecule has 0 spiro atoms. The van der Waals surface area contributed by atoms with Gasteiger partial charge in [0, 0.05) is 4.88 Å². The van der Waals surface area contributed by atoms with Crippen LogP contribution in [0.1, 0.15) is 16.5 Å². The zero-order valence-electron chi connectivity index (χ0n) is 11.0. The van der Waals surface area contributed by atoms with Crippen molar-refractivity contribution in [2.24, 2.45) is 0 Å². The maximum Gasteiger partial charge on any atom is 0.250 e. The summed E-state index contributed by atoms with van der Waals surface area (Å²) in [6.07, 6.45) is 0.